The molecule has 16 heavy (non-hydrogen) atoms. The van der Waals surface area contributed by atoms with Gasteiger partial charge in [0.2, 0.25) is 0 Å². The van der Waals surface area contributed by atoms with Crippen molar-refractivity contribution in [1.29, 1.82) is 0 Å². The Morgan fingerprint density at radius 1 is 1.50 bits per heavy atom. The first kappa shape index (κ1) is 13.1. The molecule has 1 aromatic rings. The first-order valence-electron chi connectivity index (χ1n) is 4.56. The van der Waals surface area contributed by atoms with Gasteiger partial charge in [0, 0.05) is 6.54 Å². The number of rotatable bonds is 3. The fourth-order valence-corrected chi connectivity index (χ4v) is 1.85. The summed E-state index contributed by atoms with van der Waals surface area (Å²) in [4.78, 5) is 5.02. The van der Waals surface area contributed by atoms with Crippen LogP contribution in [0.25, 0.3) is 0 Å². The fourth-order valence-electron chi connectivity index (χ4n) is 1.23. The normalized spacial score (nSPS) is 11.6. The van der Waals surface area contributed by atoms with Gasteiger partial charge in [0.15, 0.2) is 0 Å². The molecule has 0 aliphatic heterocycles. The van der Waals surface area contributed by atoms with E-state index in [-0.39, 0.29) is 12.4 Å². The summed E-state index contributed by atoms with van der Waals surface area (Å²) in [6.07, 6.45) is -2.92. The minimum Gasteiger partial charge on any atom is -0.397 e. The number of nitrogen functional groups attached to an aromatic ring is 1. The Morgan fingerprint density at radius 2 is 2.12 bits per heavy atom. The summed E-state index contributed by atoms with van der Waals surface area (Å²) >= 11 is 3.14. The van der Waals surface area contributed by atoms with Crippen molar-refractivity contribution < 1.29 is 13.2 Å². The van der Waals surface area contributed by atoms with Crippen molar-refractivity contribution in [3.8, 4) is 0 Å². The van der Waals surface area contributed by atoms with Crippen molar-refractivity contribution in [3.63, 3.8) is 0 Å². The van der Waals surface area contributed by atoms with Gasteiger partial charge >= 0.3 is 6.18 Å². The van der Waals surface area contributed by atoms with Gasteiger partial charge in [-0.2, -0.15) is 13.2 Å². The summed E-state index contributed by atoms with van der Waals surface area (Å²) in [7, 11) is 0. The van der Waals surface area contributed by atoms with Gasteiger partial charge in [-0.05, 0) is 28.9 Å². The Morgan fingerprint density at radius 3 is 2.56 bits per heavy atom. The van der Waals surface area contributed by atoms with Gasteiger partial charge in [0.1, 0.15) is 12.4 Å². The molecule has 90 valence electrons. The lowest BCUT2D eigenvalue weighted by Crippen LogP contribution is -2.34. The molecule has 0 saturated heterocycles. The molecule has 0 aliphatic rings. The molecule has 0 aromatic carbocycles. The maximum absolute atomic E-state index is 12.3. The molecular formula is C9H11BrF3N3. The van der Waals surface area contributed by atoms with Gasteiger partial charge in [-0.3, -0.25) is 0 Å². The maximum atomic E-state index is 12.3. The highest BCUT2D eigenvalue weighted by molar-refractivity contribution is 9.10. The predicted octanol–water partition coefficient (Wildman–Crippen LogP) is 2.81. The molecule has 0 bridgehead atoms. The number of alkyl halides is 3. The van der Waals surface area contributed by atoms with Crippen molar-refractivity contribution in [2.75, 3.05) is 23.7 Å². The Kier molecular flexibility index (Phi) is 4.01. The Balaban J connectivity index is 2.95. The number of nitrogens with two attached hydrogens (primary N) is 1. The van der Waals surface area contributed by atoms with Crippen LogP contribution in [0.3, 0.4) is 0 Å². The number of pyridine rings is 1. The van der Waals surface area contributed by atoms with E-state index in [1.165, 1.54) is 12.3 Å². The van der Waals surface area contributed by atoms with Crippen LogP contribution in [-0.2, 0) is 0 Å². The fraction of sp³-hybridized carbons (Fsp3) is 0.444. The number of hydrogen-bond acceptors (Lipinski definition) is 3. The summed E-state index contributed by atoms with van der Waals surface area (Å²) in [5.41, 5.74) is 5.86. The highest BCUT2D eigenvalue weighted by Gasteiger charge is 2.31. The molecule has 0 spiro atoms. The molecule has 0 amide bonds. The average Bonchev–Trinajstić information content (AvgIpc) is 2.13. The van der Waals surface area contributed by atoms with E-state index >= 15 is 0 Å². The predicted molar refractivity (Wildman–Crippen MR) is 60.3 cm³/mol. The van der Waals surface area contributed by atoms with E-state index in [0.717, 1.165) is 4.90 Å². The molecule has 0 unspecified atom stereocenters. The number of halogens is 4. The summed E-state index contributed by atoms with van der Waals surface area (Å²) < 4.78 is 37.3. The van der Waals surface area contributed by atoms with Crippen LogP contribution in [0.1, 0.15) is 6.92 Å². The van der Waals surface area contributed by atoms with E-state index in [1.54, 1.807) is 6.92 Å². The average molecular weight is 298 g/mol. The molecule has 1 aromatic heterocycles. The van der Waals surface area contributed by atoms with Crippen LogP contribution in [0, 0.1) is 0 Å². The Labute approximate surface area is 99.6 Å². The maximum Gasteiger partial charge on any atom is 0.405 e. The zero-order valence-corrected chi connectivity index (χ0v) is 10.1. The molecule has 1 rings (SSSR count). The summed E-state index contributed by atoms with van der Waals surface area (Å²) in [6.45, 7) is 0.824. The highest BCUT2D eigenvalue weighted by Crippen LogP contribution is 2.28. The van der Waals surface area contributed by atoms with Crippen molar-refractivity contribution in [2.45, 2.75) is 13.1 Å². The largest absolute Gasteiger partial charge is 0.405 e. The van der Waals surface area contributed by atoms with Crippen molar-refractivity contribution in [1.82, 2.24) is 4.98 Å². The molecule has 0 radical (unpaired) electrons. The summed E-state index contributed by atoms with van der Waals surface area (Å²) in [5.74, 6) is 0.244. The minimum absolute atomic E-state index is 0.217. The van der Waals surface area contributed by atoms with Crippen LogP contribution in [0.2, 0.25) is 0 Å². The van der Waals surface area contributed by atoms with Gasteiger partial charge in [-0.1, -0.05) is 0 Å². The first-order chi connectivity index (χ1) is 7.33. The SMILES string of the molecule is CCN(CC(F)(F)F)c1ncc(N)cc1Br. The lowest BCUT2D eigenvalue weighted by molar-refractivity contribution is -0.119. The molecule has 7 heteroatoms. The zero-order valence-electron chi connectivity index (χ0n) is 8.55. The van der Waals surface area contributed by atoms with Gasteiger partial charge < -0.3 is 10.6 Å². The van der Waals surface area contributed by atoms with Crippen LogP contribution in [0.4, 0.5) is 24.7 Å². The lowest BCUT2D eigenvalue weighted by atomic mass is 10.3. The zero-order chi connectivity index (χ0) is 12.3. The highest BCUT2D eigenvalue weighted by atomic mass is 79.9. The van der Waals surface area contributed by atoms with Crippen LogP contribution < -0.4 is 10.6 Å². The van der Waals surface area contributed by atoms with Crippen LogP contribution in [-0.4, -0.2) is 24.2 Å². The molecular weight excluding hydrogens is 287 g/mol. The molecule has 0 fully saturated rings. The third-order valence-electron chi connectivity index (χ3n) is 1.89. The Hall–Kier alpha value is -0.980. The van der Waals surface area contributed by atoms with E-state index in [4.69, 9.17) is 5.73 Å². The number of hydrogen-bond donors (Lipinski definition) is 1. The van der Waals surface area contributed by atoms with Gasteiger partial charge in [-0.25, -0.2) is 4.98 Å². The standard InChI is InChI=1S/C9H11BrF3N3/c1-2-16(5-9(11,12)13)8-7(10)3-6(14)4-15-8/h3-4H,2,5,14H2,1H3. The number of anilines is 2. The van der Waals surface area contributed by atoms with Gasteiger partial charge in [-0.15, -0.1) is 0 Å². The van der Waals surface area contributed by atoms with E-state index in [2.05, 4.69) is 20.9 Å². The van der Waals surface area contributed by atoms with E-state index < -0.39 is 12.7 Å². The van der Waals surface area contributed by atoms with Crippen LogP contribution in [0.15, 0.2) is 16.7 Å². The Bertz CT molecular complexity index is 368. The second-order valence-corrected chi connectivity index (χ2v) is 4.06. The lowest BCUT2D eigenvalue weighted by Gasteiger charge is -2.24. The molecule has 2 N–H and O–H groups in total. The molecule has 3 nitrogen and oxygen atoms in total. The number of aromatic nitrogens is 1. The van der Waals surface area contributed by atoms with Crippen LogP contribution >= 0.6 is 15.9 Å². The third kappa shape index (κ3) is 3.55. The number of nitrogens with zero attached hydrogens (tertiary/aromatic N) is 2. The smallest absolute Gasteiger partial charge is 0.397 e. The van der Waals surface area contributed by atoms with Gasteiger partial charge in [0.25, 0.3) is 0 Å². The minimum atomic E-state index is -4.25. The first-order valence-corrected chi connectivity index (χ1v) is 5.35. The monoisotopic (exact) mass is 297 g/mol. The van der Waals surface area contributed by atoms with Gasteiger partial charge in [0.05, 0.1) is 16.4 Å². The molecule has 0 atom stereocenters. The van der Waals surface area contributed by atoms with Crippen molar-refractivity contribution in [3.05, 3.63) is 16.7 Å². The van der Waals surface area contributed by atoms with Crippen molar-refractivity contribution in [2.24, 2.45) is 0 Å². The molecule has 0 aliphatic carbocycles. The summed E-state index contributed by atoms with van der Waals surface area (Å²) in [5, 5.41) is 0. The van der Waals surface area contributed by atoms with Crippen LogP contribution in [0.5, 0.6) is 0 Å². The van der Waals surface area contributed by atoms with E-state index in [9.17, 15) is 13.2 Å². The summed E-state index contributed by atoms with van der Waals surface area (Å²) in [6, 6.07) is 1.53. The molecule has 1 heterocycles. The molecule has 0 saturated carbocycles. The second-order valence-electron chi connectivity index (χ2n) is 3.20. The third-order valence-corrected chi connectivity index (χ3v) is 2.48. The van der Waals surface area contributed by atoms with Crippen molar-refractivity contribution >= 4 is 27.4 Å². The van der Waals surface area contributed by atoms with E-state index in [0.29, 0.717) is 10.2 Å². The topological polar surface area (TPSA) is 42.2 Å². The quantitative estimate of drug-likeness (QED) is 0.933. The van der Waals surface area contributed by atoms with E-state index in [1.807, 2.05) is 0 Å². The second kappa shape index (κ2) is 4.90.